The Morgan fingerprint density at radius 1 is 0.792 bits per heavy atom. The minimum atomic E-state index is -1.69. The molecule has 2 aliphatic heterocycles. The van der Waals surface area contributed by atoms with E-state index < -0.39 is 68.0 Å². The first-order valence-electron chi connectivity index (χ1n) is 7.47. The molecule has 0 aromatic carbocycles. The standard InChI is InChI=1S/C13H24O10.CH4/c1-2-4-6(15)9(18)11(12(20)21-4)23-13-10(19)8(17)7(16)5(3-14)22-13;/h4-20H,2-3H2,1H3;1H4. The van der Waals surface area contributed by atoms with Crippen molar-refractivity contribution in [3.63, 3.8) is 0 Å². The molecule has 0 bridgehead atoms. The predicted molar refractivity (Wildman–Crippen MR) is 78.6 cm³/mol. The van der Waals surface area contributed by atoms with Gasteiger partial charge in [0.1, 0.15) is 42.7 Å². The summed E-state index contributed by atoms with van der Waals surface area (Å²) in [5.41, 5.74) is 0. The second-order valence-electron chi connectivity index (χ2n) is 5.75. The highest BCUT2D eigenvalue weighted by Gasteiger charge is 2.49. The Hall–Kier alpha value is -0.400. The Morgan fingerprint density at radius 2 is 1.38 bits per heavy atom. The number of ether oxygens (including phenoxy) is 3. The van der Waals surface area contributed by atoms with Gasteiger partial charge in [-0.3, -0.25) is 0 Å². The maximum atomic E-state index is 10.1. The van der Waals surface area contributed by atoms with Crippen LogP contribution in [0, 0.1) is 0 Å². The van der Waals surface area contributed by atoms with E-state index in [4.69, 9.17) is 19.3 Å². The van der Waals surface area contributed by atoms with E-state index in [1.807, 2.05) is 0 Å². The van der Waals surface area contributed by atoms with Crippen LogP contribution >= 0.6 is 0 Å². The quantitative estimate of drug-likeness (QED) is 0.270. The molecule has 10 atom stereocenters. The minimum Gasteiger partial charge on any atom is -0.394 e. The van der Waals surface area contributed by atoms with Crippen LogP contribution in [0.2, 0.25) is 0 Å². The van der Waals surface area contributed by atoms with Crippen LogP contribution in [-0.2, 0) is 14.2 Å². The van der Waals surface area contributed by atoms with E-state index in [-0.39, 0.29) is 7.43 Å². The molecule has 2 fully saturated rings. The third-order valence-electron chi connectivity index (χ3n) is 4.20. The molecule has 144 valence electrons. The lowest BCUT2D eigenvalue weighted by Crippen LogP contribution is -2.63. The lowest BCUT2D eigenvalue weighted by Gasteiger charge is -2.45. The molecule has 10 heteroatoms. The SMILES string of the molecule is C.CCC1OC(O)C(OC2OC(CO)C(O)C(O)C2O)C(O)C1O. The Labute approximate surface area is 139 Å². The summed E-state index contributed by atoms with van der Waals surface area (Å²) in [6.07, 6.45) is -13.9. The van der Waals surface area contributed by atoms with Crippen LogP contribution in [-0.4, -0.2) is 104 Å². The first kappa shape index (κ1) is 21.6. The van der Waals surface area contributed by atoms with Crippen LogP contribution in [0.3, 0.4) is 0 Å². The van der Waals surface area contributed by atoms with Gasteiger partial charge < -0.3 is 50.0 Å². The fourth-order valence-corrected chi connectivity index (χ4v) is 2.74. The van der Waals surface area contributed by atoms with Crippen LogP contribution in [0.15, 0.2) is 0 Å². The molecule has 0 spiro atoms. The van der Waals surface area contributed by atoms with E-state index in [0.717, 1.165) is 0 Å². The summed E-state index contributed by atoms with van der Waals surface area (Å²) in [6, 6.07) is 0. The van der Waals surface area contributed by atoms with E-state index in [2.05, 4.69) is 0 Å². The number of aliphatic hydroxyl groups excluding tert-OH is 7. The van der Waals surface area contributed by atoms with E-state index in [1.54, 1.807) is 6.92 Å². The third-order valence-corrected chi connectivity index (χ3v) is 4.20. The molecular weight excluding hydrogens is 328 g/mol. The average molecular weight is 356 g/mol. The normalized spacial score (nSPS) is 49.5. The van der Waals surface area contributed by atoms with Gasteiger partial charge in [-0.05, 0) is 6.42 Å². The van der Waals surface area contributed by atoms with Crippen molar-refractivity contribution in [3.05, 3.63) is 0 Å². The predicted octanol–water partition coefficient (Wildman–Crippen LogP) is -3.34. The molecule has 0 radical (unpaired) electrons. The molecule has 2 heterocycles. The van der Waals surface area contributed by atoms with Gasteiger partial charge >= 0.3 is 0 Å². The van der Waals surface area contributed by atoms with Crippen molar-refractivity contribution in [3.8, 4) is 0 Å². The monoisotopic (exact) mass is 356 g/mol. The lowest BCUT2D eigenvalue weighted by atomic mass is 9.96. The molecule has 0 aromatic rings. The highest BCUT2D eigenvalue weighted by molar-refractivity contribution is 4.93. The van der Waals surface area contributed by atoms with Gasteiger partial charge in [-0.15, -0.1) is 0 Å². The van der Waals surface area contributed by atoms with Gasteiger partial charge in [0.05, 0.1) is 12.7 Å². The van der Waals surface area contributed by atoms with Crippen molar-refractivity contribution in [1.29, 1.82) is 0 Å². The van der Waals surface area contributed by atoms with E-state index >= 15 is 0 Å². The molecule has 0 saturated carbocycles. The minimum absolute atomic E-state index is 0. The highest BCUT2D eigenvalue weighted by atomic mass is 16.7. The Bertz CT molecular complexity index is 381. The van der Waals surface area contributed by atoms with Crippen LogP contribution in [0.4, 0.5) is 0 Å². The Kier molecular flexibility index (Phi) is 7.94. The number of hydrogen-bond acceptors (Lipinski definition) is 10. The summed E-state index contributed by atoms with van der Waals surface area (Å²) in [5.74, 6) is 0. The first-order valence-corrected chi connectivity index (χ1v) is 7.47. The summed E-state index contributed by atoms with van der Waals surface area (Å²) in [7, 11) is 0. The summed E-state index contributed by atoms with van der Waals surface area (Å²) < 4.78 is 15.5. The largest absolute Gasteiger partial charge is 0.394 e. The molecule has 10 nitrogen and oxygen atoms in total. The molecule has 7 N–H and O–H groups in total. The maximum absolute atomic E-state index is 10.1. The molecule has 2 rings (SSSR count). The summed E-state index contributed by atoms with van der Waals surface area (Å²) in [6.45, 7) is 1.06. The second kappa shape index (κ2) is 8.81. The van der Waals surface area contributed by atoms with Crippen LogP contribution in [0.25, 0.3) is 0 Å². The van der Waals surface area contributed by atoms with Crippen molar-refractivity contribution in [2.75, 3.05) is 6.61 Å². The molecule has 0 aromatic heterocycles. The third kappa shape index (κ3) is 4.05. The van der Waals surface area contributed by atoms with Crippen molar-refractivity contribution < 1.29 is 50.0 Å². The van der Waals surface area contributed by atoms with Crippen molar-refractivity contribution in [2.45, 2.75) is 82.2 Å². The van der Waals surface area contributed by atoms with Crippen molar-refractivity contribution in [2.24, 2.45) is 0 Å². The van der Waals surface area contributed by atoms with E-state index in [1.165, 1.54) is 0 Å². The van der Waals surface area contributed by atoms with Gasteiger partial charge in [0.15, 0.2) is 12.6 Å². The molecular formula is C14H28O10. The van der Waals surface area contributed by atoms with Gasteiger partial charge in [0, 0.05) is 0 Å². The van der Waals surface area contributed by atoms with Gasteiger partial charge in [0.25, 0.3) is 0 Å². The molecule has 2 aliphatic rings. The highest BCUT2D eigenvalue weighted by Crippen LogP contribution is 2.29. The van der Waals surface area contributed by atoms with Gasteiger partial charge in [0.2, 0.25) is 0 Å². The van der Waals surface area contributed by atoms with Crippen LogP contribution < -0.4 is 0 Å². The topological polar surface area (TPSA) is 169 Å². The number of hydrogen-bond donors (Lipinski definition) is 7. The fourth-order valence-electron chi connectivity index (χ4n) is 2.74. The van der Waals surface area contributed by atoms with Crippen LogP contribution in [0.5, 0.6) is 0 Å². The van der Waals surface area contributed by atoms with Crippen molar-refractivity contribution in [1.82, 2.24) is 0 Å². The van der Waals surface area contributed by atoms with Gasteiger partial charge in [-0.2, -0.15) is 0 Å². The van der Waals surface area contributed by atoms with Gasteiger partial charge in [-0.25, -0.2) is 0 Å². The zero-order valence-corrected chi connectivity index (χ0v) is 12.5. The maximum Gasteiger partial charge on any atom is 0.187 e. The zero-order valence-electron chi connectivity index (χ0n) is 12.5. The summed E-state index contributed by atoms with van der Waals surface area (Å²) in [4.78, 5) is 0. The smallest absolute Gasteiger partial charge is 0.187 e. The first-order chi connectivity index (χ1) is 10.8. The fraction of sp³-hybridized carbons (Fsp3) is 1.00. The van der Waals surface area contributed by atoms with E-state index in [0.29, 0.717) is 6.42 Å². The summed E-state index contributed by atoms with van der Waals surface area (Å²) in [5, 5.41) is 68.2. The number of aliphatic hydroxyl groups is 7. The van der Waals surface area contributed by atoms with E-state index in [9.17, 15) is 30.6 Å². The Balaban J connectivity index is 0.00000288. The molecule has 10 unspecified atom stereocenters. The lowest BCUT2D eigenvalue weighted by molar-refractivity contribution is -0.360. The Morgan fingerprint density at radius 3 is 1.92 bits per heavy atom. The van der Waals surface area contributed by atoms with Crippen LogP contribution in [0.1, 0.15) is 20.8 Å². The zero-order chi connectivity index (χ0) is 17.3. The molecule has 2 saturated heterocycles. The molecule has 0 aliphatic carbocycles. The average Bonchev–Trinajstić information content (AvgIpc) is 2.54. The van der Waals surface area contributed by atoms with Gasteiger partial charge in [-0.1, -0.05) is 14.4 Å². The van der Waals surface area contributed by atoms with Crippen molar-refractivity contribution >= 4 is 0 Å². The summed E-state index contributed by atoms with van der Waals surface area (Å²) >= 11 is 0. The molecule has 24 heavy (non-hydrogen) atoms. The number of rotatable bonds is 4. The second-order valence-corrected chi connectivity index (χ2v) is 5.75. The molecule has 0 amide bonds.